The van der Waals surface area contributed by atoms with E-state index in [1.165, 1.54) is 28.0 Å². The van der Waals surface area contributed by atoms with Gasteiger partial charge in [-0.3, -0.25) is 9.59 Å². The van der Waals surface area contributed by atoms with Crippen LogP contribution in [-0.2, 0) is 0 Å². The predicted molar refractivity (Wildman–Crippen MR) is 135 cm³/mol. The lowest BCUT2D eigenvalue weighted by molar-refractivity contribution is 0.0931. The third kappa shape index (κ3) is 5.32. The van der Waals surface area contributed by atoms with Crippen molar-refractivity contribution in [1.29, 1.82) is 0 Å². The maximum absolute atomic E-state index is 13.3. The second-order valence-corrected chi connectivity index (χ2v) is 9.26. The zero-order valence-corrected chi connectivity index (χ0v) is 20.5. The molecule has 2 atom stereocenters. The van der Waals surface area contributed by atoms with Gasteiger partial charge in [-0.05, 0) is 60.5 Å². The van der Waals surface area contributed by atoms with Crippen LogP contribution in [0, 0.1) is 5.82 Å². The van der Waals surface area contributed by atoms with Gasteiger partial charge in [0, 0.05) is 17.8 Å². The van der Waals surface area contributed by atoms with Crippen molar-refractivity contribution in [1.82, 2.24) is 25.2 Å². The number of halogens is 1. The van der Waals surface area contributed by atoms with Crippen molar-refractivity contribution in [3.05, 3.63) is 69.8 Å². The monoisotopic (exact) mass is 494 g/mol. The average Bonchev–Trinajstić information content (AvgIpc) is 3.48. The number of nitrogens with one attached hydrogen (secondary N) is 2. The van der Waals surface area contributed by atoms with Crippen LogP contribution in [0.2, 0.25) is 0 Å². The van der Waals surface area contributed by atoms with E-state index in [9.17, 15) is 14.0 Å². The zero-order valence-electron chi connectivity index (χ0n) is 19.7. The molecule has 2 amide bonds. The van der Waals surface area contributed by atoms with Gasteiger partial charge in [-0.2, -0.15) is 4.98 Å². The molecule has 4 aromatic rings. The third-order valence-electron chi connectivity index (χ3n) is 5.83. The molecule has 4 N–H and O–H groups in total. The Morgan fingerprint density at radius 2 is 1.83 bits per heavy atom. The largest absolute Gasteiger partial charge is 0.366 e. The van der Waals surface area contributed by atoms with Crippen molar-refractivity contribution in [2.45, 2.75) is 45.7 Å². The Balaban J connectivity index is 1.61. The minimum Gasteiger partial charge on any atom is -0.366 e. The number of aromatic nitrogens is 3. The van der Waals surface area contributed by atoms with E-state index in [0.717, 1.165) is 17.5 Å². The Kier molecular flexibility index (Phi) is 7.11. The number of fused-ring (bicyclic) bond motifs is 1. The molecule has 0 saturated heterocycles. The Labute approximate surface area is 206 Å². The lowest BCUT2D eigenvalue weighted by Crippen LogP contribution is -2.32. The maximum Gasteiger partial charge on any atom is 0.261 e. The highest BCUT2D eigenvalue weighted by Gasteiger charge is 2.20. The fourth-order valence-corrected chi connectivity index (χ4v) is 4.50. The van der Waals surface area contributed by atoms with Gasteiger partial charge in [0.2, 0.25) is 5.95 Å². The summed E-state index contributed by atoms with van der Waals surface area (Å²) in [6.07, 6.45) is 3.18. The van der Waals surface area contributed by atoms with Crippen LogP contribution in [0.5, 0.6) is 0 Å². The number of hydrogen-bond acceptors (Lipinski definition) is 6. The summed E-state index contributed by atoms with van der Waals surface area (Å²) in [5.74, 6) is -0.743. The molecule has 0 aliphatic heterocycles. The third-order valence-corrected chi connectivity index (χ3v) is 6.76. The molecule has 0 aliphatic rings. The molecular weight excluding hydrogens is 467 g/mol. The number of carbonyl (C=O) groups excluding carboxylic acids is 2. The number of pyridine rings is 1. The summed E-state index contributed by atoms with van der Waals surface area (Å²) in [6.45, 7) is 5.87. The molecule has 4 rings (SSSR count). The van der Waals surface area contributed by atoms with E-state index in [1.807, 2.05) is 26.2 Å². The van der Waals surface area contributed by atoms with Gasteiger partial charge < -0.3 is 16.4 Å². The van der Waals surface area contributed by atoms with Crippen LogP contribution in [0.15, 0.2) is 48.0 Å². The zero-order chi connectivity index (χ0) is 25.1. The first-order chi connectivity index (χ1) is 16.8. The van der Waals surface area contributed by atoms with E-state index in [4.69, 9.17) is 5.73 Å². The quantitative estimate of drug-likeness (QED) is 0.332. The Hall–Kier alpha value is -3.79. The Bertz CT molecular complexity index is 1360. The van der Waals surface area contributed by atoms with Gasteiger partial charge >= 0.3 is 0 Å². The second-order valence-electron chi connectivity index (χ2n) is 8.35. The summed E-state index contributed by atoms with van der Waals surface area (Å²) in [4.78, 5) is 30.6. The Morgan fingerprint density at radius 3 is 2.51 bits per heavy atom. The second kappa shape index (κ2) is 10.2. The molecule has 0 radical (unpaired) electrons. The number of rotatable bonds is 8. The summed E-state index contributed by atoms with van der Waals surface area (Å²) in [5, 5.41) is 12.0. The van der Waals surface area contributed by atoms with Gasteiger partial charge in [0.15, 0.2) is 5.65 Å². The van der Waals surface area contributed by atoms with Crippen LogP contribution in [0.25, 0.3) is 16.8 Å². The fraction of sp³-hybridized carbons (Fsp3) is 0.280. The van der Waals surface area contributed by atoms with Crippen molar-refractivity contribution in [3.63, 3.8) is 0 Å². The smallest absolute Gasteiger partial charge is 0.261 e. The highest BCUT2D eigenvalue weighted by Crippen LogP contribution is 2.28. The van der Waals surface area contributed by atoms with E-state index < -0.39 is 0 Å². The van der Waals surface area contributed by atoms with Gasteiger partial charge in [-0.1, -0.05) is 26.0 Å². The molecule has 0 bridgehead atoms. The number of nitrogen functional groups attached to an aromatic ring is 1. The SMILES string of the molecule is CC[C@@H](C)NC(=O)c1cc(-c2csc(C(=O)N[C@H](CC)c3ccc(F)cc3)c2)cn2nc(N)nc12. The molecule has 0 fully saturated rings. The molecule has 8 nitrogen and oxygen atoms in total. The molecule has 3 heterocycles. The van der Waals surface area contributed by atoms with Crippen molar-refractivity contribution in [2.75, 3.05) is 5.73 Å². The Morgan fingerprint density at radius 1 is 1.09 bits per heavy atom. The molecule has 10 heteroatoms. The van der Waals surface area contributed by atoms with Crippen molar-refractivity contribution >= 4 is 34.7 Å². The van der Waals surface area contributed by atoms with E-state index in [1.54, 1.807) is 30.5 Å². The number of anilines is 1. The van der Waals surface area contributed by atoms with Crippen molar-refractivity contribution in [2.24, 2.45) is 0 Å². The molecule has 0 aliphatic carbocycles. The minimum absolute atomic E-state index is 0.00413. The number of hydrogen-bond donors (Lipinski definition) is 3. The molecular formula is C25H27FN6O2S. The molecule has 35 heavy (non-hydrogen) atoms. The number of nitrogens with zero attached hydrogens (tertiary/aromatic N) is 3. The predicted octanol–water partition coefficient (Wildman–Crippen LogP) is 4.59. The van der Waals surface area contributed by atoms with Gasteiger partial charge in [-0.15, -0.1) is 16.4 Å². The summed E-state index contributed by atoms with van der Waals surface area (Å²) < 4.78 is 14.8. The van der Waals surface area contributed by atoms with Crippen molar-refractivity contribution < 1.29 is 14.0 Å². The average molecular weight is 495 g/mol. The molecule has 0 saturated carbocycles. The van der Waals surface area contributed by atoms with Crippen LogP contribution in [-0.4, -0.2) is 32.5 Å². The number of nitrogens with two attached hydrogens (primary N) is 1. The molecule has 0 unspecified atom stereocenters. The van der Waals surface area contributed by atoms with Crippen LogP contribution in [0.1, 0.15) is 65.2 Å². The summed E-state index contributed by atoms with van der Waals surface area (Å²) in [5.41, 5.74) is 8.82. The van der Waals surface area contributed by atoms with E-state index in [-0.39, 0.29) is 35.7 Å². The first kappa shape index (κ1) is 24.3. The lowest BCUT2D eigenvalue weighted by Gasteiger charge is -2.17. The minimum atomic E-state index is -0.318. The van der Waals surface area contributed by atoms with E-state index >= 15 is 0 Å². The van der Waals surface area contributed by atoms with Crippen LogP contribution < -0.4 is 16.4 Å². The van der Waals surface area contributed by atoms with Gasteiger partial charge in [-0.25, -0.2) is 8.91 Å². The van der Waals surface area contributed by atoms with Gasteiger partial charge in [0.25, 0.3) is 11.8 Å². The molecule has 0 spiro atoms. The molecule has 1 aromatic carbocycles. The van der Waals surface area contributed by atoms with Crippen LogP contribution >= 0.6 is 11.3 Å². The molecule has 182 valence electrons. The summed E-state index contributed by atoms with van der Waals surface area (Å²) >= 11 is 1.30. The van der Waals surface area contributed by atoms with Gasteiger partial charge in [0.1, 0.15) is 5.82 Å². The maximum atomic E-state index is 13.3. The summed E-state index contributed by atoms with van der Waals surface area (Å²) in [6, 6.07) is 9.39. The first-order valence-electron chi connectivity index (χ1n) is 11.4. The van der Waals surface area contributed by atoms with Crippen molar-refractivity contribution in [3.8, 4) is 11.1 Å². The number of benzene rings is 1. The highest BCUT2D eigenvalue weighted by atomic mass is 32.1. The van der Waals surface area contributed by atoms with E-state index in [0.29, 0.717) is 28.1 Å². The first-order valence-corrected chi connectivity index (χ1v) is 12.3. The fourth-order valence-electron chi connectivity index (χ4n) is 3.68. The normalized spacial score (nSPS) is 12.9. The lowest BCUT2D eigenvalue weighted by atomic mass is 10.0. The standard InChI is InChI=1S/C25H27FN6O2S/c1-4-14(3)28-23(33)19-10-16(12-32-22(19)30-25(27)31-32)17-11-21(35-13-17)24(34)29-20(5-2)15-6-8-18(26)9-7-15/h6-14,20H,4-5H2,1-3H3,(H2,27,31)(H,28,33)(H,29,34)/t14-,20-/m1/s1. The van der Waals surface area contributed by atoms with Crippen LogP contribution in [0.4, 0.5) is 10.3 Å². The number of carbonyl (C=O) groups is 2. The van der Waals surface area contributed by atoms with E-state index in [2.05, 4.69) is 20.7 Å². The summed E-state index contributed by atoms with van der Waals surface area (Å²) in [7, 11) is 0. The van der Waals surface area contributed by atoms with Crippen LogP contribution in [0.3, 0.4) is 0 Å². The number of amides is 2. The number of thiophene rings is 1. The van der Waals surface area contributed by atoms with Gasteiger partial charge in [0.05, 0.1) is 16.5 Å². The highest BCUT2D eigenvalue weighted by molar-refractivity contribution is 7.12. The molecule has 3 aromatic heterocycles. The topological polar surface area (TPSA) is 114 Å².